The number of nitrogens with zero attached hydrogens (tertiary/aromatic N) is 2. The highest BCUT2D eigenvalue weighted by Crippen LogP contribution is 2.17. The zero-order valence-electron chi connectivity index (χ0n) is 17.3. The Kier molecular flexibility index (Phi) is 8.58. The average molecular weight is 516 g/mol. The number of benzene rings is 2. The smallest absolute Gasteiger partial charge is 0.322 e. The van der Waals surface area contributed by atoms with Crippen LogP contribution < -0.4 is 5.32 Å². The zero-order chi connectivity index (χ0) is 22.9. The van der Waals surface area contributed by atoms with Crippen molar-refractivity contribution in [2.75, 3.05) is 18.4 Å². The van der Waals surface area contributed by atoms with Crippen LogP contribution in [-0.4, -0.2) is 34.8 Å². The van der Waals surface area contributed by atoms with E-state index in [0.717, 1.165) is 14.9 Å². The van der Waals surface area contributed by atoms with E-state index in [-0.39, 0.29) is 24.8 Å². The number of urea groups is 1. The lowest BCUT2D eigenvalue weighted by Crippen LogP contribution is -2.44. The van der Waals surface area contributed by atoms with Gasteiger partial charge in [-0.3, -0.25) is 4.79 Å². The summed E-state index contributed by atoms with van der Waals surface area (Å²) in [5.74, 6) is -0.540. The van der Waals surface area contributed by atoms with Gasteiger partial charge in [-0.1, -0.05) is 40.2 Å². The molecule has 0 saturated carbocycles. The van der Waals surface area contributed by atoms with Crippen molar-refractivity contribution in [3.63, 3.8) is 0 Å². The van der Waals surface area contributed by atoms with Crippen LogP contribution in [0.3, 0.4) is 0 Å². The minimum absolute atomic E-state index is 0.110. The summed E-state index contributed by atoms with van der Waals surface area (Å²) in [5, 5.41) is 4.76. The molecular formula is C24H23BrFN3O2S. The van der Waals surface area contributed by atoms with Gasteiger partial charge in [-0.2, -0.15) is 0 Å². The van der Waals surface area contributed by atoms with Gasteiger partial charge in [0.15, 0.2) is 0 Å². The molecule has 2 aromatic carbocycles. The van der Waals surface area contributed by atoms with Crippen molar-refractivity contribution in [1.29, 1.82) is 0 Å². The molecule has 0 aliphatic rings. The summed E-state index contributed by atoms with van der Waals surface area (Å²) in [6, 6.07) is 16.7. The highest BCUT2D eigenvalue weighted by Gasteiger charge is 2.21. The largest absolute Gasteiger partial charge is 0.332 e. The number of carbonyl (C=O) groups excluding carboxylic acids is 2. The fraction of sp³-hybridized carbons (Fsp3) is 0.167. The molecule has 1 aromatic heterocycles. The molecule has 166 valence electrons. The first-order valence-corrected chi connectivity index (χ1v) is 11.6. The molecule has 5 nitrogen and oxygen atoms in total. The third-order valence-electron chi connectivity index (χ3n) is 4.62. The predicted octanol–water partition coefficient (Wildman–Crippen LogP) is 5.90. The number of rotatable bonds is 9. The molecule has 1 N–H and O–H groups in total. The lowest BCUT2D eigenvalue weighted by molar-refractivity contribution is -0.132. The fourth-order valence-electron chi connectivity index (χ4n) is 3.01. The van der Waals surface area contributed by atoms with Crippen LogP contribution in [0.15, 0.2) is 83.2 Å². The monoisotopic (exact) mass is 515 g/mol. The van der Waals surface area contributed by atoms with Crippen molar-refractivity contribution in [2.45, 2.75) is 13.1 Å². The van der Waals surface area contributed by atoms with Crippen molar-refractivity contribution >= 4 is 44.9 Å². The Balaban J connectivity index is 1.72. The number of anilines is 1. The number of hydrogen-bond acceptors (Lipinski definition) is 3. The summed E-state index contributed by atoms with van der Waals surface area (Å²) in [5.41, 5.74) is 1.44. The maximum atomic E-state index is 13.3. The Labute approximate surface area is 199 Å². The van der Waals surface area contributed by atoms with E-state index < -0.39 is 6.03 Å². The Morgan fingerprint density at radius 2 is 1.75 bits per heavy atom. The Morgan fingerprint density at radius 1 is 1.03 bits per heavy atom. The Bertz CT molecular complexity index is 1040. The second-order valence-electron chi connectivity index (χ2n) is 7.06. The first-order chi connectivity index (χ1) is 15.4. The number of hydrogen-bond donors (Lipinski definition) is 1. The molecule has 0 spiro atoms. The summed E-state index contributed by atoms with van der Waals surface area (Å²) in [4.78, 5) is 30.1. The summed E-state index contributed by atoms with van der Waals surface area (Å²) in [7, 11) is 0. The molecule has 8 heteroatoms. The van der Waals surface area contributed by atoms with Gasteiger partial charge in [0, 0.05) is 28.1 Å². The molecule has 1 heterocycles. The molecule has 32 heavy (non-hydrogen) atoms. The van der Waals surface area contributed by atoms with Crippen LogP contribution in [0.1, 0.15) is 10.4 Å². The second kappa shape index (κ2) is 11.6. The van der Waals surface area contributed by atoms with Crippen LogP contribution in [-0.2, 0) is 17.9 Å². The van der Waals surface area contributed by atoms with Crippen LogP contribution in [0.25, 0.3) is 0 Å². The minimum Gasteiger partial charge on any atom is -0.332 e. The number of carbonyl (C=O) groups is 2. The highest BCUT2D eigenvalue weighted by atomic mass is 79.9. The van der Waals surface area contributed by atoms with E-state index in [0.29, 0.717) is 18.8 Å². The third kappa shape index (κ3) is 7.03. The minimum atomic E-state index is -0.390. The summed E-state index contributed by atoms with van der Waals surface area (Å²) in [6.07, 6.45) is 1.58. The van der Waals surface area contributed by atoms with E-state index in [1.54, 1.807) is 46.6 Å². The number of thiophene rings is 1. The molecule has 0 atom stereocenters. The summed E-state index contributed by atoms with van der Waals surface area (Å²) < 4.78 is 14.2. The van der Waals surface area contributed by atoms with E-state index in [2.05, 4.69) is 27.8 Å². The van der Waals surface area contributed by atoms with Crippen LogP contribution >= 0.6 is 27.3 Å². The van der Waals surface area contributed by atoms with E-state index in [4.69, 9.17) is 0 Å². The van der Waals surface area contributed by atoms with Crippen molar-refractivity contribution < 1.29 is 14.0 Å². The Hall–Kier alpha value is -2.97. The highest BCUT2D eigenvalue weighted by molar-refractivity contribution is 9.10. The van der Waals surface area contributed by atoms with Gasteiger partial charge in [-0.05, 0) is 53.4 Å². The molecule has 3 aromatic rings. The van der Waals surface area contributed by atoms with Crippen molar-refractivity contribution in [1.82, 2.24) is 9.80 Å². The maximum absolute atomic E-state index is 13.3. The average Bonchev–Trinajstić information content (AvgIpc) is 3.29. The second-order valence-corrected chi connectivity index (χ2v) is 9.01. The molecule has 0 fully saturated rings. The Morgan fingerprint density at radius 3 is 2.38 bits per heavy atom. The molecular weight excluding hydrogens is 493 g/mol. The van der Waals surface area contributed by atoms with E-state index in [9.17, 15) is 14.0 Å². The summed E-state index contributed by atoms with van der Waals surface area (Å²) in [6.45, 7) is 4.53. The zero-order valence-corrected chi connectivity index (χ0v) is 19.7. The van der Waals surface area contributed by atoms with E-state index in [1.807, 2.05) is 29.6 Å². The van der Waals surface area contributed by atoms with E-state index >= 15 is 0 Å². The van der Waals surface area contributed by atoms with Crippen LogP contribution in [0, 0.1) is 5.82 Å². The maximum Gasteiger partial charge on any atom is 0.322 e. The molecule has 0 unspecified atom stereocenters. The number of halogens is 2. The molecule has 0 aliphatic carbocycles. The first kappa shape index (κ1) is 23.7. The van der Waals surface area contributed by atoms with Crippen LogP contribution in [0.2, 0.25) is 0 Å². The van der Waals surface area contributed by atoms with Crippen molar-refractivity contribution in [2.24, 2.45) is 0 Å². The fourth-order valence-corrected chi connectivity index (χ4v) is 3.99. The van der Waals surface area contributed by atoms with Crippen molar-refractivity contribution in [3.8, 4) is 0 Å². The predicted molar refractivity (Wildman–Crippen MR) is 130 cm³/mol. The summed E-state index contributed by atoms with van der Waals surface area (Å²) >= 11 is 4.92. The normalized spacial score (nSPS) is 10.4. The van der Waals surface area contributed by atoms with Crippen molar-refractivity contribution in [3.05, 3.63) is 99.4 Å². The lowest BCUT2D eigenvalue weighted by Gasteiger charge is -2.27. The lowest BCUT2D eigenvalue weighted by atomic mass is 10.2. The molecule has 0 aliphatic heterocycles. The molecule has 3 rings (SSSR count). The number of amides is 3. The standard InChI is InChI=1S/C24H23BrFN3O2S/c1-2-13-28(24(31)27-21-11-7-19(25)8-12-21)17-23(30)29(16-22-4-3-14-32-22)15-18-5-9-20(26)10-6-18/h2-12,14H,1,13,15-17H2,(H,27,31). The molecule has 0 saturated heterocycles. The van der Waals surface area contributed by atoms with Crippen LogP contribution in [0.5, 0.6) is 0 Å². The SMILES string of the molecule is C=CCN(CC(=O)N(Cc1ccc(F)cc1)Cc1cccs1)C(=O)Nc1ccc(Br)cc1. The van der Waals surface area contributed by atoms with Gasteiger partial charge in [0.25, 0.3) is 0 Å². The van der Waals surface area contributed by atoms with Gasteiger partial charge in [0.1, 0.15) is 12.4 Å². The topological polar surface area (TPSA) is 52.7 Å². The van der Waals surface area contributed by atoms with Gasteiger partial charge in [0.05, 0.1) is 6.54 Å². The quantitative estimate of drug-likeness (QED) is 0.360. The third-order valence-corrected chi connectivity index (χ3v) is 6.01. The van der Waals surface area contributed by atoms with E-state index in [1.165, 1.54) is 17.0 Å². The molecule has 0 bridgehead atoms. The number of nitrogens with one attached hydrogen (secondary N) is 1. The van der Waals surface area contributed by atoms with Gasteiger partial charge in [-0.25, -0.2) is 9.18 Å². The van der Waals surface area contributed by atoms with Gasteiger partial charge >= 0.3 is 6.03 Å². The van der Waals surface area contributed by atoms with Crippen LogP contribution in [0.4, 0.5) is 14.9 Å². The van der Waals surface area contributed by atoms with Gasteiger partial charge in [-0.15, -0.1) is 17.9 Å². The first-order valence-electron chi connectivity index (χ1n) is 9.91. The van der Waals surface area contributed by atoms with Gasteiger partial charge in [0.2, 0.25) is 5.91 Å². The van der Waals surface area contributed by atoms with Gasteiger partial charge < -0.3 is 15.1 Å². The molecule has 3 amide bonds. The molecule has 0 radical (unpaired) electrons.